The number of anilines is 2. The lowest BCUT2D eigenvalue weighted by Gasteiger charge is -2.15. The number of amides is 1. The van der Waals surface area contributed by atoms with E-state index in [0.29, 0.717) is 30.8 Å². The second-order valence-electron chi connectivity index (χ2n) is 4.82. The van der Waals surface area contributed by atoms with Crippen molar-refractivity contribution in [2.45, 2.75) is 26.2 Å². The number of nitrogens with two attached hydrogens (primary N) is 1. The molecular formula is C14H21F2N3O. The Balaban J connectivity index is 2.35. The van der Waals surface area contributed by atoms with Crippen molar-refractivity contribution in [2.75, 3.05) is 31.2 Å². The van der Waals surface area contributed by atoms with Gasteiger partial charge in [-0.05, 0) is 44.6 Å². The quantitative estimate of drug-likeness (QED) is 0.757. The molecule has 4 nitrogen and oxygen atoms in total. The van der Waals surface area contributed by atoms with E-state index < -0.39 is 6.43 Å². The molecule has 0 bridgehead atoms. The lowest BCUT2D eigenvalue weighted by atomic mass is 10.1. The van der Waals surface area contributed by atoms with Gasteiger partial charge in [-0.15, -0.1) is 0 Å². The average molecular weight is 285 g/mol. The van der Waals surface area contributed by atoms with Gasteiger partial charge in [0.1, 0.15) is 0 Å². The molecule has 0 aromatic heterocycles. The van der Waals surface area contributed by atoms with Crippen LogP contribution in [0.4, 0.5) is 20.2 Å². The zero-order chi connectivity index (χ0) is 15.1. The molecule has 6 heteroatoms. The summed E-state index contributed by atoms with van der Waals surface area (Å²) in [5.41, 5.74) is 7.90. The lowest BCUT2D eigenvalue weighted by molar-refractivity contribution is -0.116. The second kappa shape index (κ2) is 7.79. The molecule has 1 aromatic carbocycles. The SMILES string of the molecule is Cc1c(N)cccc1NC(=O)CCCN(C)CC(F)F. The van der Waals surface area contributed by atoms with Crippen molar-refractivity contribution >= 4 is 17.3 Å². The number of nitrogen functional groups attached to an aromatic ring is 1. The Bertz CT molecular complexity index is 452. The number of alkyl halides is 2. The minimum absolute atomic E-state index is 0.135. The maximum Gasteiger partial charge on any atom is 0.251 e. The summed E-state index contributed by atoms with van der Waals surface area (Å²) < 4.78 is 24.2. The molecule has 0 radical (unpaired) electrons. The van der Waals surface area contributed by atoms with E-state index in [1.165, 1.54) is 4.90 Å². The van der Waals surface area contributed by atoms with Crippen LogP contribution in [0.25, 0.3) is 0 Å². The smallest absolute Gasteiger partial charge is 0.251 e. The number of nitrogens with one attached hydrogen (secondary N) is 1. The molecular weight excluding hydrogens is 264 g/mol. The molecule has 0 saturated carbocycles. The first kappa shape index (κ1) is 16.4. The van der Waals surface area contributed by atoms with Gasteiger partial charge >= 0.3 is 0 Å². The zero-order valence-corrected chi connectivity index (χ0v) is 11.8. The summed E-state index contributed by atoms with van der Waals surface area (Å²) in [6.07, 6.45) is -1.51. The molecule has 1 rings (SSSR count). The predicted molar refractivity (Wildman–Crippen MR) is 77.0 cm³/mol. The third kappa shape index (κ3) is 5.52. The van der Waals surface area contributed by atoms with Crippen LogP contribution in [0, 0.1) is 6.92 Å². The molecule has 0 spiro atoms. The summed E-state index contributed by atoms with van der Waals surface area (Å²) in [5.74, 6) is -0.135. The Kier molecular flexibility index (Phi) is 6.38. The number of carbonyl (C=O) groups excluding carboxylic acids is 1. The number of carbonyl (C=O) groups is 1. The highest BCUT2D eigenvalue weighted by Gasteiger charge is 2.09. The molecule has 0 fully saturated rings. The third-order valence-electron chi connectivity index (χ3n) is 3.04. The van der Waals surface area contributed by atoms with Gasteiger partial charge in [-0.2, -0.15) is 0 Å². The van der Waals surface area contributed by atoms with E-state index in [4.69, 9.17) is 5.73 Å². The topological polar surface area (TPSA) is 58.4 Å². The standard InChI is InChI=1S/C14H21F2N3O/c1-10-11(17)5-3-6-12(10)18-14(20)7-4-8-19(2)9-13(15)16/h3,5-6,13H,4,7-9,17H2,1-2H3,(H,18,20). The number of hydrogen-bond acceptors (Lipinski definition) is 3. The first-order chi connectivity index (χ1) is 9.40. The fourth-order valence-electron chi connectivity index (χ4n) is 1.84. The molecule has 112 valence electrons. The third-order valence-corrected chi connectivity index (χ3v) is 3.04. The van der Waals surface area contributed by atoms with E-state index in [9.17, 15) is 13.6 Å². The largest absolute Gasteiger partial charge is 0.398 e. The minimum Gasteiger partial charge on any atom is -0.398 e. The number of halogens is 2. The monoisotopic (exact) mass is 285 g/mol. The molecule has 3 N–H and O–H groups in total. The number of nitrogens with zero attached hydrogens (tertiary/aromatic N) is 1. The summed E-state index contributed by atoms with van der Waals surface area (Å²) in [4.78, 5) is 13.3. The minimum atomic E-state index is -2.34. The van der Waals surface area contributed by atoms with Crippen LogP contribution >= 0.6 is 0 Å². The van der Waals surface area contributed by atoms with Crippen LogP contribution in [0.2, 0.25) is 0 Å². The zero-order valence-electron chi connectivity index (χ0n) is 11.8. The first-order valence-electron chi connectivity index (χ1n) is 6.51. The number of rotatable bonds is 7. The van der Waals surface area contributed by atoms with Crippen LogP contribution in [0.1, 0.15) is 18.4 Å². The van der Waals surface area contributed by atoms with E-state index >= 15 is 0 Å². The lowest BCUT2D eigenvalue weighted by Crippen LogP contribution is -2.26. The molecule has 0 unspecified atom stereocenters. The van der Waals surface area contributed by atoms with Crippen LogP contribution in [-0.4, -0.2) is 37.4 Å². The predicted octanol–water partition coefficient (Wildman–Crippen LogP) is 2.49. The van der Waals surface area contributed by atoms with Gasteiger partial charge in [0.25, 0.3) is 6.43 Å². The van der Waals surface area contributed by atoms with Gasteiger partial charge in [-0.3, -0.25) is 4.79 Å². The molecule has 1 aromatic rings. The summed E-state index contributed by atoms with van der Waals surface area (Å²) in [6, 6.07) is 5.32. The van der Waals surface area contributed by atoms with E-state index in [1.54, 1.807) is 25.2 Å². The summed E-state index contributed by atoms with van der Waals surface area (Å²) >= 11 is 0. The van der Waals surface area contributed by atoms with Gasteiger partial charge in [0.05, 0.1) is 6.54 Å². The Morgan fingerprint density at radius 1 is 1.45 bits per heavy atom. The normalized spacial score (nSPS) is 11.1. The Morgan fingerprint density at radius 3 is 2.80 bits per heavy atom. The van der Waals surface area contributed by atoms with Crippen molar-refractivity contribution in [3.8, 4) is 0 Å². The van der Waals surface area contributed by atoms with Crippen LogP contribution in [0.15, 0.2) is 18.2 Å². The molecule has 20 heavy (non-hydrogen) atoms. The highest BCUT2D eigenvalue weighted by Crippen LogP contribution is 2.20. The van der Waals surface area contributed by atoms with Crippen molar-refractivity contribution in [1.82, 2.24) is 4.90 Å². The average Bonchev–Trinajstić information content (AvgIpc) is 2.34. The Hall–Kier alpha value is -1.69. The van der Waals surface area contributed by atoms with Gasteiger partial charge in [0.15, 0.2) is 0 Å². The van der Waals surface area contributed by atoms with Gasteiger partial charge in [-0.25, -0.2) is 8.78 Å². The number of benzene rings is 1. The summed E-state index contributed by atoms with van der Waals surface area (Å²) in [5, 5.41) is 2.78. The molecule has 0 atom stereocenters. The Morgan fingerprint density at radius 2 is 2.15 bits per heavy atom. The van der Waals surface area contributed by atoms with E-state index in [0.717, 1.165) is 5.56 Å². The first-order valence-corrected chi connectivity index (χ1v) is 6.51. The second-order valence-corrected chi connectivity index (χ2v) is 4.82. The fourth-order valence-corrected chi connectivity index (χ4v) is 1.84. The van der Waals surface area contributed by atoms with Crippen LogP contribution < -0.4 is 11.1 Å². The maximum atomic E-state index is 12.1. The van der Waals surface area contributed by atoms with Crippen LogP contribution in [0.5, 0.6) is 0 Å². The van der Waals surface area contributed by atoms with Crippen molar-refractivity contribution in [3.63, 3.8) is 0 Å². The fraction of sp³-hybridized carbons (Fsp3) is 0.500. The maximum absolute atomic E-state index is 12.1. The van der Waals surface area contributed by atoms with E-state index in [2.05, 4.69) is 5.32 Å². The summed E-state index contributed by atoms with van der Waals surface area (Å²) in [6.45, 7) is 2.03. The van der Waals surface area contributed by atoms with Crippen molar-refractivity contribution < 1.29 is 13.6 Å². The van der Waals surface area contributed by atoms with Gasteiger partial charge < -0.3 is 16.0 Å². The molecule has 0 aliphatic rings. The Labute approximate surface area is 117 Å². The number of hydrogen-bond donors (Lipinski definition) is 2. The highest BCUT2D eigenvalue weighted by molar-refractivity contribution is 5.92. The van der Waals surface area contributed by atoms with E-state index in [-0.39, 0.29) is 12.5 Å². The highest BCUT2D eigenvalue weighted by atomic mass is 19.3. The van der Waals surface area contributed by atoms with Crippen LogP contribution in [0.3, 0.4) is 0 Å². The molecule has 0 aliphatic carbocycles. The van der Waals surface area contributed by atoms with Crippen molar-refractivity contribution in [2.24, 2.45) is 0 Å². The van der Waals surface area contributed by atoms with Crippen molar-refractivity contribution in [3.05, 3.63) is 23.8 Å². The summed E-state index contributed by atoms with van der Waals surface area (Å²) in [7, 11) is 1.62. The van der Waals surface area contributed by atoms with Gasteiger partial charge in [0.2, 0.25) is 5.91 Å². The molecule has 0 aliphatic heterocycles. The molecule has 0 saturated heterocycles. The van der Waals surface area contributed by atoms with Gasteiger partial charge in [0, 0.05) is 17.8 Å². The van der Waals surface area contributed by atoms with Crippen molar-refractivity contribution in [1.29, 1.82) is 0 Å². The van der Waals surface area contributed by atoms with E-state index in [1.807, 2.05) is 6.92 Å². The van der Waals surface area contributed by atoms with Crippen LogP contribution in [-0.2, 0) is 4.79 Å². The molecule has 0 heterocycles. The van der Waals surface area contributed by atoms with Gasteiger partial charge in [-0.1, -0.05) is 6.07 Å². The molecule has 1 amide bonds.